The molecule has 34 heavy (non-hydrogen) atoms. The van der Waals surface area contributed by atoms with E-state index in [-0.39, 0.29) is 5.75 Å². The summed E-state index contributed by atoms with van der Waals surface area (Å²) in [6.45, 7) is 0. The molecule has 8 nitrogen and oxygen atoms in total. The average molecular weight is 525 g/mol. The van der Waals surface area contributed by atoms with Crippen molar-refractivity contribution < 1.29 is 18.0 Å². The molecule has 0 aliphatic rings. The molecule has 0 aliphatic carbocycles. The van der Waals surface area contributed by atoms with Crippen LogP contribution in [0, 0.1) is 0 Å². The van der Waals surface area contributed by atoms with Gasteiger partial charge in [0.25, 0.3) is 5.91 Å². The Hall–Kier alpha value is -2.21. The van der Waals surface area contributed by atoms with Crippen LogP contribution in [0.2, 0.25) is 0 Å². The van der Waals surface area contributed by atoms with E-state index in [0.717, 1.165) is 0 Å². The van der Waals surface area contributed by atoms with E-state index in [9.17, 15) is 18.0 Å². The first-order valence-corrected chi connectivity index (χ1v) is 15.2. The van der Waals surface area contributed by atoms with Crippen LogP contribution in [-0.4, -0.2) is 56.3 Å². The molecule has 0 bridgehead atoms. The minimum atomic E-state index is -3.77. The van der Waals surface area contributed by atoms with Gasteiger partial charge in [0.05, 0.1) is 11.4 Å². The molecule has 186 valence electrons. The highest BCUT2D eigenvalue weighted by molar-refractivity contribution is 7.98. The summed E-state index contributed by atoms with van der Waals surface area (Å²) in [4.78, 5) is 25.9. The van der Waals surface area contributed by atoms with E-state index in [1.807, 2.05) is 36.8 Å². The summed E-state index contributed by atoms with van der Waals surface area (Å²) in [7, 11) is -3.77. The van der Waals surface area contributed by atoms with Crippen LogP contribution >= 0.6 is 23.5 Å². The zero-order valence-corrected chi connectivity index (χ0v) is 21.8. The molecule has 11 heteroatoms. The van der Waals surface area contributed by atoms with Gasteiger partial charge in [-0.05, 0) is 54.6 Å². The number of carbonyl (C=O) groups is 2. The third-order valence-corrected chi connectivity index (χ3v) is 7.44. The molecule has 0 heterocycles. The molecular weight excluding hydrogens is 492 g/mol. The van der Waals surface area contributed by atoms with Gasteiger partial charge >= 0.3 is 0 Å². The lowest BCUT2D eigenvalue weighted by Crippen LogP contribution is -2.54. The Kier molecular flexibility index (Phi) is 12.3. The summed E-state index contributed by atoms with van der Waals surface area (Å²) >= 11 is 3.07. The smallest absolute Gasteiger partial charge is 0.260 e. The summed E-state index contributed by atoms with van der Waals surface area (Å²) in [5.74, 6) is 0.0878. The first kappa shape index (κ1) is 28.0. The number of hydrogen-bond acceptors (Lipinski definition) is 7. The highest BCUT2D eigenvalue weighted by atomic mass is 32.2. The Labute approximate surface area is 210 Å². The van der Waals surface area contributed by atoms with E-state index < -0.39 is 33.9 Å². The number of para-hydroxylation sites is 1. The van der Waals surface area contributed by atoms with Gasteiger partial charge in [0, 0.05) is 0 Å². The van der Waals surface area contributed by atoms with Crippen molar-refractivity contribution in [3.8, 4) is 0 Å². The maximum Gasteiger partial charge on any atom is 0.260 e. The summed E-state index contributed by atoms with van der Waals surface area (Å²) in [5.41, 5.74) is 6.79. The van der Waals surface area contributed by atoms with E-state index in [0.29, 0.717) is 35.6 Å². The van der Waals surface area contributed by atoms with Crippen LogP contribution in [0.25, 0.3) is 0 Å². The molecule has 4 N–H and O–H groups in total. The number of nitrogens with one attached hydrogen (secondary N) is 4. The van der Waals surface area contributed by atoms with Gasteiger partial charge in [-0.25, -0.2) is 13.1 Å². The number of carbonyl (C=O) groups excluding carboxylic acids is 2. The predicted molar refractivity (Wildman–Crippen MR) is 142 cm³/mol. The number of anilines is 1. The predicted octanol–water partition coefficient (Wildman–Crippen LogP) is 2.61. The van der Waals surface area contributed by atoms with Crippen LogP contribution in [0.3, 0.4) is 0 Å². The highest BCUT2D eigenvalue weighted by Gasteiger charge is 2.28. The van der Waals surface area contributed by atoms with E-state index >= 15 is 0 Å². The second-order valence-corrected chi connectivity index (χ2v) is 11.2. The molecule has 0 saturated heterocycles. The Morgan fingerprint density at radius 2 is 1.38 bits per heavy atom. The molecule has 0 aliphatic heterocycles. The quantitative estimate of drug-likeness (QED) is 0.265. The fourth-order valence-corrected chi connectivity index (χ4v) is 5.37. The normalized spacial score (nSPS) is 13.0. The van der Waals surface area contributed by atoms with Crippen LogP contribution < -0.4 is 20.9 Å². The molecule has 2 aromatic carbocycles. The van der Waals surface area contributed by atoms with Crippen molar-refractivity contribution in [1.29, 1.82) is 0 Å². The maximum atomic E-state index is 13.1. The Bertz CT molecular complexity index is 992. The standard InChI is InChI=1S/C23H32N4O4S3/c1-32-15-13-20(23(29)26-25-19-11-7-4-8-12-19)24-22(28)21(14-16-33-2)27-34(30,31)17-18-9-5-3-6-10-18/h3-12,20-21,25,27H,13-17H2,1-2H3,(H,24,28)(H,26,29)/t20-,21+/m1/s1. The molecule has 0 saturated carbocycles. The van der Waals surface area contributed by atoms with Crippen LogP contribution in [0.15, 0.2) is 60.7 Å². The topological polar surface area (TPSA) is 116 Å². The lowest BCUT2D eigenvalue weighted by atomic mass is 10.1. The molecular formula is C23H32N4O4S3. The molecule has 2 atom stereocenters. The molecule has 0 aromatic heterocycles. The van der Waals surface area contributed by atoms with Crippen LogP contribution in [-0.2, 0) is 25.4 Å². The van der Waals surface area contributed by atoms with Gasteiger partial charge < -0.3 is 5.32 Å². The summed E-state index contributed by atoms with van der Waals surface area (Å²) < 4.78 is 28.0. The third-order valence-electron chi connectivity index (χ3n) is 4.80. The first-order valence-electron chi connectivity index (χ1n) is 10.8. The van der Waals surface area contributed by atoms with Crippen molar-refractivity contribution in [2.24, 2.45) is 0 Å². The van der Waals surface area contributed by atoms with Crippen LogP contribution in [0.4, 0.5) is 5.69 Å². The molecule has 2 amide bonds. The van der Waals surface area contributed by atoms with E-state index in [1.54, 1.807) is 48.2 Å². The molecule has 0 radical (unpaired) electrons. The lowest BCUT2D eigenvalue weighted by Gasteiger charge is -2.23. The number of hydrogen-bond donors (Lipinski definition) is 4. The van der Waals surface area contributed by atoms with Gasteiger partial charge in [-0.15, -0.1) is 0 Å². The summed E-state index contributed by atoms with van der Waals surface area (Å²) in [6.07, 6.45) is 4.51. The number of benzene rings is 2. The van der Waals surface area contributed by atoms with Crippen molar-refractivity contribution in [3.63, 3.8) is 0 Å². The van der Waals surface area contributed by atoms with Gasteiger partial charge in [-0.1, -0.05) is 48.5 Å². The SMILES string of the molecule is CSCC[C@H](NS(=O)(=O)Cc1ccccc1)C(=O)N[C@H](CCSC)C(=O)NNc1ccccc1. The monoisotopic (exact) mass is 524 g/mol. The summed E-state index contributed by atoms with van der Waals surface area (Å²) in [6, 6.07) is 16.1. The fraction of sp³-hybridized carbons (Fsp3) is 0.391. The summed E-state index contributed by atoms with van der Waals surface area (Å²) in [5, 5.41) is 2.74. The Morgan fingerprint density at radius 3 is 1.97 bits per heavy atom. The zero-order chi connectivity index (χ0) is 24.8. The van der Waals surface area contributed by atoms with Crippen molar-refractivity contribution >= 4 is 51.0 Å². The van der Waals surface area contributed by atoms with Crippen LogP contribution in [0.5, 0.6) is 0 Å². The maximum absolute atomic E-state index is 13.1. The number of sulfonamides is 1. The highest BCUT2D eigenvalue weighted by Crippen LogP contribution is 2.10. The second kappa shape index (κ2) is 14.9. The molecule has 2 aromatic rings. The van der Waals surface area contributed by atoms with Crippen molar-refractivity contribution in [2.75, 3.05) is 29.4 Å². The fourth-order valence-electron chi connectivity index (χ4n) is 3.05. The number of amides is 2. The largest absolute Gasteiger partial charge is 0.343 e. The third kappa shape index (κ3) is 10.4. The number of thioether (sulfide) groups is 2. The Balaban J connectivity index is 2.06. The van der Waals surface area contributed by atoms with Crippen molar-refractivity contribution in [2.45, 2.75) is 30.7 Å². The van der Waals surface area contributed by atoms with E-state index in [2.05, 4.69) is 20.9 Å². The molecule has 0 spiro atoms. The number of hydrazine groups is 1. The molecule has 0 unspecified atom stereocenters. The molecule has 2 rings (SSSR count). The lowest BCUT2D eigenvalue weighted by molar-refractivity contribution is -0.129. The average Bonchev–Trinajstić information content (AvgIpc) is 2.83. The van der Waals surface area contributed by atoms with Gasteiger partial charge in [-0.3, -0.25) is 20.4 Å². The van der Waals surface area contributed by atoms with Crippen molar-refractivity contribution in [1.82, 2.24) is 15.5 Å². The van der Waals surface area contributed by atoms with Gasteiger partial charge in [0.15, 0.2) is 0 Å². The number of rotatable bonds is 15. The van der Waals surface area contributed by atoms with Crippen molar-refractivity contribution in [3.05, 3.63) is 66.2 Å². The van der Waals surface area contributed by atoms with Crippen LogP contribution in [0.1, 0.15) is 18.4 Å². The minimum Gasteiger partial charge on any atom is -0.343 e. The zero-order valence-electron chi connectivity index (χ0n) is 19.3. The van der Waals surface area contributed by atoms with Gasteiger partial charge in [-0.2, -0.15) is 23.5 Å². The Morgan fingerprint density at radius 1 is 0.824 bits per heavy atom. The van der Waals surface area contributed by atoms with Gasteiger partial charge in [0.1, 0.15) is 12.1 Å². The van der Waals surface area contributed by atoms with Gasteiger partial charge in [0.2, 0.25) is 15.9 Å². The van der Waals surface area contributed by atoms with E-state index in [4.69, 9.17) is 0 Å². The van der Waals surface area contributed by atoms with E-state index in [1.165, 1.54) is 11.8 Å². The second-order valence-electron chi connectivity index (χ2n) is 7.52. The first-order chi connectivity index (χ1) is 16.3. The minimum absolute atomic E-state index is 0.228. The molecule has 0 fully saturated rings.